The summed E-state index contributed by atoms with van der Waals surface area (Å²) in [5.41, 5.74) is 0.706. The van der Waals surface area contributed by atoms with Gasteiger partial charge >= 0.3 is 5.97 Å². The second-order valence-electron chi connectivity index (χ2n) is 6.20. The summed E-state index contributed by atoms with van der Waals surface area (Å²) in [6.45, 7) is 5.51. The number of amides is 1. The first-order chi connectivity index (χ1) is 13.2. The smallest absolute Gasteiger partial charge is 0.326 e. The van der Waals surface area contributed by atoms with Crippen LogP contribution < -0.4 is 9.80 Å². The summed E-state index contributed by atoms with van der Waals surface area (Å²) in [4.78, 5) is 35.1. The Bertz CT molecular complexity index is 731. The van der Waals surface area contributed by atoms with Crippen molar-refractivity contribution in [3.05, 3.63) is 41.9 Å². The molecule has 0 radical (unpaired) electrons. The molecule has 1 aliphatic heterocycles. The molecule has 1 fully saturated rings. The number of hydrogen-bond acceptors (Lipinski definition) is 7. The van der Waals surface area contributed by atoms with Crippen molar-refractivity contribution in [1.82, 2.24) is 9.88 Å². The van der Waals surface area contributed by atoms with Crippen molar-refractivity contribution in [2.45, 2.75) is 6.92 Å². The minimum absolute atomic E-state index is 0.0736. The molecule has 8 heteroatoms. The maximum atomic E-state index is 12.9. The van der Waals surface area contributed by atoms with Crippen LogP contribution >= 0.6 is 11.3 Å². The van der Waals surface area contributed by atoms with E-state index in [-0.39, 0.29) is 19.0 Å². The summed E-state index contributed by atoms with van der Waals surface area (Å²) in [5, 5.41) is 2.99. The zero-order valence-corrected chi connectivity index (χ0v) is 16.2. The van der Waals surface area contributed by atoms with E-state index >= 15 is 0 Å². The average Bonchev–Trinajstić information content (AvgIpc) is 3.22. The SMILES string of the molecule is CCOC(=O)CN(C(=O)CN1CCN(c2nccs2)CC1)c1ccccc1. The van der Waals surface area contributed by atoms with Gasteiger partial charge in [0.15, 0.2) is 5.13 Å². The van der Waals surface area contributed by atoms with E-state index in [4.69, 9.17) is 4.74 Å². The van der Waals surface area contributed by atoms with E-state index in [0.717, 1.165) is 31.3 Å². The van der Waals surface area contributed by atoms with Crippen molar-refractivity contribution in [2.75, 3.05) is 55.7 Å². The zero-order chi connectivity index (χ0) is 19.1. The minimum Gasteiger partial charge on any atom is -0.465 e. The number of para-hydroxylation sites is 1. The molecule has 1 saturated heterocycles. The number of ether oxygens (including phenoxy) is 1. The largest absolute Gasteiger partial charge is 0.465 e. The number of thiazole rings is 1. The maximum absolute atomic E-state index is 12.9. The van der Waals surface area contributed by atoms with E-state index in [0.29, 0.717) is 12.3 Å². The Hall–Kier alpha value is -2.45. The van der Waals surface area contributed by atoms with Crippen LogP contribution in [0.15, 0.2) is 41.9 Å². The van der Waals surface area contributed by atoms with E-state index in [9.17, 15) is 9.59 Å². The highest BCUT2D eigenvalue weighted by Crippen LogP contribution is 2.19. The number of nitrogens with zero attached hydrogens (tertiary/aromatic N) is 4. The quantitative estimate of drug-likeness (QED) is 0.675. The number of carbonyl (C=O) groups is 2. The van der Waals surface area contributed by atoms with Gasteiger partial charge in [-0.05, 0) is 19.1 Å². The Morgan fingerprint density at radius 3 is 2.56 bits per heavy atom. The predicted octanol–water partition coefficient (Wildman–Crippen LogP) is 1.86. The van der Waals surface area contributed by atoms with Crippen molar-refractivity contribution in [3.8, 4) is 0 Å². The Kier molecular flexibility index (Phi) is 6.78. The summed E-state index contributed by atoms with van der Waals surface area (Å²) in [7, 11) is 0. The highest BCUT2D eigenvalue weighted by Gasteiger charge is 2.25. The van der Waals surface area contributed by atoms with Crippen LogP contribution in [0.3, 0.4) is 0 Å². The first kappa shape index (κ1) is 19.3. The van der Waals surface area contributed by atoms with Gasteiger partial charge in [0, 0.05) is 43.4 Å². The van der Waals surface area contributed by atoms with Crippen LogP contribution in [-0.4, -0.2) is 67.6 Å². The summed E-state index contributed by atoms with van der Waals surface area (Å²) >= 11 is 1.63. The fraction of sp³-hybridized carbons (Fsp3) is 0.421. The first-order valence-electron chi connectivity index (χ1n) is 9.05. The number of carbonyl (C=O) groups excluding carboxylic acids is 2. The van der Waals surface area contributed by atoms with Crippen LogP contribution in [0.2, 0.25) is 0 Å². The number of anilines is 2. The Morgan fingerprint density at radius 2 is 1.93 bits per heavy atom. The molecule has 1 aromatic heterocycles. The van der Waals surface area contributed by atoms with Crippen LogP contribution in [0.1, 0.15) is 6.92 Å². The zero-order valence-electron chi connectivity index (χ0n) is 15.4. The number of hydrogen-bond donors (Lipinski definition) is 0. The summed E-state index contributed by atoms with van der Waals surface area (Å²) in [6, 6.07) is 9.25. The third-order valence-electron chi connectivity index (χ3n) is 4.38. The van der Waals surface area contributed by atoms with Gasteiger partial charge in [-0.1, -0.05) is 18.2 Å². The molecule has 2 aromatic rings. The molecule has 1 amide bonds. The molecule has 0 aliphatic carbocycles. The van der Waals surface area contributed by atoms with Gasteiger partial charge in [0.1, 0.15) is 6.54 Å². The summed E-state index contributed by atoms with van der Waals surface area (Å²) < 4.78 is 5.03. The third-order valence-corrected chi connectivity index (χ3v) is 5.21. The molecule has 0 saturated carbocycles. The fourth-order valence-corrected chi connectivity index (χ4v) is 3.71. The molecule has 2 heterocycles. The van der Waals surface area contributed by atoms with Crippen molar-refractivity contribution in [1.29, 1.82) is 0 Å². The van der Waals surface area contributed by atoms with E-state index in [1.54, 1.807) is 18.3 Å². The van der Waals surface area contributed by atoms with Crippen molar-refractivity contribution in [3.63, 3.8) is 0 Å². The lowest BCUT2D eigenvalue weighted by Gasteiger charge is -2.35. The Labute approximate surface area is 163 Å². The second kappa shape index (κ2) is 9.48. The molecular formula is C19H24N4O3S. The normalized spacial score (nSPS) is 14.8. The minimum atomic E-state index is -0.400. The van der Waals surface area contributed by atoms with Crippen LogP contribution in [-0.2, 0) is 14.3 Å². The van der Waals surface area contributed by atoms with Crippen molar-refractivity contribution >= 4 is 34.0 Å². The third kappa shape index (κ3) is 5.27. The lowest BCUT2D eigenvalue weighted by molar-refractivity contribution is -0.142. The van der Waals surface area contributed by atoms with Crippen LogP contribution in [0, 0.1) is 0 Å². The topological polar surface area (TPSA) is 66.0 Å². The summed E-state index contributed by atoms with van der Waals surface area (Å²) in [5.74, 6) is -0.500. The van der Waals surface area contributed by atoms with Gasteiger partial charge in [0.25, 0.3) is 0 Å². The maximum Gasteiger partial charge on any atom is 0.326 e. The van der Waals surface area contributed by atoms with E-state index in [2.05, 4.69) is 14.8 Å². The number of benzene rings is 1. The van der Waals surface area contributed by atoms with Crippen LogP contribution in [0.4, 0.5) is 10.8 Å². The molecule has 144 valence electrons. The summed E-state index contributed by atoms with van der Waals surface area (Å²) in [6.07, 6.45) is 1.81. The van der Waals surface area contributed by atoms with E-state index < -0.39 is 5.97 Å². The standard InChI is InChI=1S/C19H24N4O3S/c1-2-26-18(25)15-23(16-6-4-3-5-7-16)17(24)14-21-9-11-22(12-10-21)19-20-8-13-27-19/h3-8,13H,2,9-12,14-15H2,1H3. The van der Waals surface area contributed by atoms with Gasteiger partial charge < -0.3 is 14.5 Å². The van der Waals surface area contributed by atoms with Gasteiger partial charge in [-0.25, -0.2) is 4.98 Å². The molecule has 3 rings (SSSR count). The molecule has 27 heavy (non-hydrogen) atoms. The Balaban J connectivity index is 1.60. The molecule has 0 N–H and O–H groups in total. The molecule has 0 atom stereocenters. The van der Waals surface area contributed by atoms with Crippen molar-refractivity contribution in [2.24, 2.45) is 0 Å². The lowest BCUT2D eigenvalue weighted by atomic mass is 10.2. The van der Waals surface area contributed by atoms with E-state index in [1.165, 1.54) is 4.90 Å². The van der Waals surface area contributed by atoms with Gasteiger partial charge in [-0.2, -0.15) is 0 Å². The second-order valence-corrected chi connectivity index (χ2v) is 7.07. The van der Waals surface area contributed by atoms with Gasteiger partial charge in [-0.15, -0.1) is 11.3 Å². The highest BCUT2D eigenvalue weighted by atomic mass is 32.1. The number of aromatic nitrogens is 1. The van der Waals surface area contributed by atoms with Gasteiger partial charge in [0.2, 0.25) is 5.91 Å². The Morgan fingerprint density at radius 1 is 1.19 bits per heavy atom. The molecule has 1 aromatic carbocycles. The lowest BCUT2D eigenvalue weighted by Crippen LogP contribution is -2.51. The van der Waals surface area contributed by atoms with Crippen molar-refractivity contribution < 1.29 is 14.3 Å². The van der Waals surface area contributed by atoms with Gasteiger partial charge in [-0.3, -0.25) is 14.5 Å². The molecule has 1 aliphatic rings. The molecule has 0 spiro atoms. The molecular weight excluding hydrogens is 364 g/mol. The number of rotatable bonds is 7. The van der Waals surface area contributed by atoms with E-state index in [1.807, 2.05) is 41.9 Å². The number of esters is 1. The first-order valence-corrected chi connectivity index (χ1v) is 9.93. The molecule has 0 unspecified atom stereocenters. The predicted molar refractivity (Wildman–Crippen MR) is 106 cm³/mol. The molecule has 7 nitrogen and oxygen atoms in total. The monoisotopic (exact) mass is 388 g/mol. The fourth-order valence-electron chi connectivity index (χ4n) is 3.01. The average molecular weight is 388 g/mol. The van der Waals surface area contributed by atoms with Crippen LogP contribution in [0.25, 0.3) is 0 Å². The van der Waals surface area contributed by atoms with Gasteiger partial charge in [0.05, 0.1) is 13.2 Å². The molecule has 0 bridgehead atoms. The highest BCUT2D eigenvalue weighted by molar-refractivity contribution is 7.13. The van der Waals surface area contributed by atoms with Crippen LogP contribution in [0.5, 0.6) is 0 Å². The number of piperazine rings is 1.